The number of H-pyrrole nitrogens is 1. The molecule has 2 N–H and O–H groups in total. The molecule has 34 heavy (non-hydrogen) atoms. The van der Waals surface area contributed by atoms with Gasteiger partial charge in [-0.2, -0.15) is 5.10 Å². The molecule has 2 aliphatic rings. The predicted octanol–water partition coefficient (Wildman–Crippen LogP) is 1.80. The monoisotopic (exact) mass is 485 g/mol. The number of carbonyl (C=O) groups excluding carboxylic acids is 3. The number of likely N-dealkylation sites (N-methyl/N-ethyl adjacent to an activating group) is 1. The lowest BCUT2D eigenvalue weighted by Crippen LogP contribution is -2.51. The molecule has 5 rings (SSSR count). The summed E-state index contributed by atoms with van der Waals surface area (Å²) in [6, 6.07) is 2.67. The molecule has 0 radical (unpaired) electrons. The first-order valence-corrected chi connectivity index (χ1v) is 11.3. The number of aromatic amines is 1. The van der Waals surface area contributed by atoms with Gasteiger partial charge in [-0.05, 0) is 31.9 Å². The number of hydrogen-bond donors (Lipinski definition) is 2. The molecule has 1 fully saturated rings. The first-order valence-electron chi connectivity index (χ1n) is 10.9. The zero-order chi connectivity index (χ0) is 24.0. The Morgan fingerprint density at radius 1 is 1.26 bits per heavy atom. The number of benzene rings is 1. The highest BCUT2D eigenvalue weighted by molar-refractivity contribution is 6.33. The molecule has 4 heterocycles. The van der Waals surface area contributed by atoms with Gasteiger partial charge in [0.05, 0.1) is 28.5 Å². The fraction of sp³-hybridized carbons (Fsp3) is 0.364. The molecule has 1 aromatic carbocycles. The molecular weight excluding hydrogens is 465 g/mol. The van der Waals surface area contributed by atoms with Crippen molar-refractivity contribution in [1.82, 2.24) is 30.4 Å². The van der Waals surface area contributed by atoms with Crippen LogP contribution in [0.15, 0.2) is 24.5 Å². The molecule has 2 aliphatic heterocycles. The normalized spacial score (nSPS) is 16.9. The average Bonchev–Trinajstić information content (AvgIpc) is 3.39. The van der Waals surface area contributed by atoms with Crippen molar-refractivity contribution < 1.29 is 18.8 Å². The second-order valence-corrected chi connectivity index (χ2v) is 8.72. The second-order valence-electron chi connectivity index (χ2n) is 8.34. The van der Waals surface area contributed by atoms with Crippen molar-refractivity contribution in [2.75, 3.05) is 31.1 Å². The summed E-state index contributed by atoms with van der Waals surface area (Å²) in [4.78, 5) is 50.2. The number of carbonyl (C=O) groups is 3. The Kier molecular flexibility index (Phi) is 5.43. The fourth-order valence-electron chi connectivity index (χ4n) is 4.79. The van der Waals surface area contributed by atoms with Gasteiger partial charge in [-0.15, -0.1) is 0 Å². The van der Waals surface area contributed by atoms with E-state index in [9.17, 15) is 18.8 Å². The predicted molar refractivity (Wildman–Crippen MR) is 121 cm³/mol. The lowest BCUT2D eigenvalue weighted by Gasteiger charge is -2.38. The minimum atomic E-state index is -1.12. The maximum absolute atomic E-state index is 14.4. The molecule has 0 unspecified atom stereocenters. The van der Waals surface area contributed by atoms with Crippen molar-refractivity contribution in [2.45, 2.75) is 25.2 Å². The Morgan fingerprint density at radius 2 is 2.03 bits per heavy atom. The second kappa shape index (κ2) is 8.32. The van der Waals surface area contributed by atoms with Crippen LogP contribution in [0.4, 0.5) is 10.1 Å². The number of anilines is 1. The Morgan fingerprint density at radius 3 is 2.76 bits per heavy atom. The maximum Gasteiger partial charge on any atom is 0.291 e. The minimum absolute atomic E-state index is 0.0324. The van der Waals surface area contributed by atoms with E-state index in [1.165, 1.54) is 29.4 Å². The number of likely N-dealkylation sites (tertiary alicyclic amines) is 1. The highest BCUT2D eigenvalue weighted by atomic mass is 35.5. The molecule has 3 aromatic rings. The number of nitrogens with one attached hydrogen (secondary N) is 2. The van der Waals surface area contributed by atoms with Crippen LogP contribution in [0.3, 0.4) is 0 Å². The van der Waals surface area contributed by atoms with Gasteiger partial charge in [-0.3, -0.25) is 19.5 Å². The summed E-state index contributed by atoms with van der Waals surface area (Å²) in [7, 11) is 0. The third-order valence-electron chi connectivity index (χ3n) is 6.46. The third kappa shape index (κ3) is 3.38. The molecule has 10 nitrogen and oxygen atoms in total. The van der Waals surface area contributed by atoms with Crippen LogP contribution in [0.1, 0.15) is 35.9 Å². The Balaban J connectivity index is 1.43. The highest BCUT2D eigenvalue weighted by Gasteiger charge is 2.54. The van der Waals surface area contributed by atoms with Crippen molar-refractivity contribution in [3.05, 3.63) is 46.8 Å². The molecule has 0 atom stereocenters. The van der Waals surface area contributed by atoms with Gasteiger partial charge in [0, 0.05) is 25.2 Å². The maximum atomic E-state index is 14.4. The molecule has 176 valence electrons. The van der Waals surface area contributed by atoms with E-state index < -0.39 is 11.2 Å². The molecule has 0 saturated carbocycles. The molecule has 1 spiro atoms. The van der Waals surface area contributed by atoms with Crippen LogP contribution in [0.5, 0.6) is 0 Å². The van der Waals surface area contributed by atoms with Crippen LogP contribution in [0.25, 0.3) is 11.0 Å². The van der Waals surface area contributed by atoms with E-state index in [0.717, 1.165) is 0 Å². The van der Waals surface area contributed by atoms with E-state index in [4.69, 9.17) is 11.6 Å². The Hall–Kier alpha value is -3.60. The summed E-state index contributed by atoms with van der Waals surface area (Å²) in [6.45, 7) is 2.46. The van der Waals surface area contributed by atoms with E-state index in [1.807, 2.05) is 0 Å². The summed E-state index contributed by atoms with van der Waals surface area (Å²) < 4.78 is 14.4. The summed E-state index contributed by atoms with van der Waals surface area (Å²) in [5.74, 6) is -1.60. The van der Waals surface area contributed by atoms with Gasteiger partial charge in [0.1, 0.15) is 23.4 Å². The average molecular weight is 486 g/mol. The summed E-state index contributed by atoms with van der Waals surface area (Å²) in [6.07, 6.45) is 3.46. The molecule has 3 amide bonds. The molecule has 0 aliphatic carbocycles. The number of fused-ring (bicyclic) bond motifs is 3. The molecule has 12 heteroatoms. The van der Waals surface area contributed by atoms with Gasteiger partial charge in [0.2, 0.25) is 17.6 Å². The number of piperidine rings is 1. The fourth-order valence-corrected chi connectivity index (χ4v) is 5.13. The van der Waals surface area contributed by atoms with Gasteiger partial charge in [-0.1, -0.05) is 11.6 Å². The first-order chi connectivity index (χ1) is 16.4. The summed E-state index contributed by atoms with van der Waals surface area (Å²) in [5, 5.41) is 9.17. The van der Waals surface area contributed by atoms with Crippen molar-refractivity contribution in [3.63, 3.8) is 0 Å². The standard InChI is InChI=1S/C22H21ClFN7O3/c1-2-25-16(32)11-31-15-4-3-12(24)18(23)17(15)22(21(31)34)5-7-30(8-6-22)20(33)19-26-9-14-13(28-19)10-27-29-14/h3-4,9-10H,2,5-8,11H2,1H3,(H,25,32)(H,27,29). The number of aromatic nitrogens is 4. The summed E-state index contributed by atoms with van der Waals surface area (Å²) in [5.41, 5.74) is 0.830. The van der Waals surface area contributed by atoms with Crippen LogP contribution in [0, 0.1) is 5.82 Å². The van der Waals surface area contributed by atoms with Crippen LogP contribution in [0.2, 0.25) is 5.02 Å². The molecule has 2 aromatic heterocycles. The van der Waals surface area contributed by atoms with Crippen molar-refractivity contribution in [3.8, 4) is 0 Å². The lowest BCUT2D eigenvalue weighted by atomic mass is 9.73. The van der Waals surface area contributed by atoms with E-state index in [0.29, 0.717) is 28.8 Å². The lowest BCUT2D eigenvalue weighted by molar-refractivity contribution is -0.127. The molecular formula is C22H21ClFN7O3. The van der Waals surface area contributed by atoms with Crippen LogP contribution in [-0.4, -0.2) is 69.0 Å². The minimum Gasteiger partial charge on any atom is -0.355 e. The van der Waals surface area contributed by atoms with Gasteiger partial charge in [-0.25, -0.2) is 14.4 Å². The van der Waals surface area contributed by atoms with Gasteiger partial charge in [0.15, 0.2) is 0 Å². The van der Waals surface area contributed by atoms with E-state index in [1.54, 1.807) is 11.8 Å². The molecule has 1 saturated heterocycles. The van der Waals surface area contributed by atoms with Crippen LogP contribution < -0.4 is 10.2 Å². The number of nitrogens with zero attached hydrogens (tertiary/aromatic N) is 5. The zero-order valence-corrected chi connectivity index (χ0v) is 19.0. The van der Waals surface area contributed by atoms with Gasteiger partial charge in [0.25, 0.3) is 5.91 Å². The van der Waals surface area contributed by atoms with Crippen molar-refractivity contribution in [1.29, 1.82) is 0 Å². The Labute approximate surface area is 198 Å². The van der Waals surface area contributed by atoms with Crippen LogP contribution >= 0.6 is 11.6 Å². The van der Waals surface area contributed by atoms with Crippen molar-refractivity contribution >= 4 is 46.0 Å². The SMILES string of the molecule is CCNC(=O)CN1C(=O)C2(CCN(C(=O)c3ncc4[nH]ncc4n3)CC2)c2c1ccc(F)c2Cl. The van der Waals surface area contributed by atoms with E-state index in [-0.39, 0.29) is 61.0 Å². The largest absolute Gasteiger partial charge is 0.355 e. The molecule has 0 bridgehead atoms. The van der Waals surface area contributed by atoms with E-state index >= 15 is 0 Å². The quantitative estimate of drug-likeness (QED) is 0.580. The van der Waals surface area contributed by atoms with Crippen LogP contribution in [-0.2, 0) is 15.0 Å². The number of halogens is 2. The summed E-state index contributed by atoms with van der Waals surface area (Å²) >= 11 is 6.37. The topological polar surface area (TPSA) is 124 Å². The zero-order valence-electron chi connectivity index (χ0n) is 18.3. The number of rotatable bonds is 4. The number of hydrogen-bond acceptors (Lipinski definition) is 6. The third-order valence-corrected chi connectivity index (χ3v) is 6.83. The Bertz CT molecular complexity index is 1320. The van der Waals surface area contributed by atoms with Gasteiger partial charge < -0.3 is 15.1 Å². The van der Waals surface area contributed by atoms with Crippen molar-refractivity contribution in [2.24, 2.45) is 0 Å². The smallest absolute Gasteiger partial charge is 0.291 e. The van der Waals surface area contributed by atoms with E-state index in [2.05, 4.69) is 25.5 Å². The van der Waals surface area contributed by atoms with Gasteiger partial charge >= 0.3 is 0 Å². The highest BCUT2D eigenvalue weighted by Crippen LogP contribution is 2.51. The number of amides is 3. The first kappa shape index (κ1) is 22.2.